The van der Waals surface area contributed by atoms with Gasteiger partial charge in [-0.05, 0) is 18.9 Å². The Morgan fingerprint density at radius 3 is 2.56 bits per heavy atom. The first-order valence-electron chi connectivity index (χ1n) is 5.82. The average Bonchev–Trinajstić information content (AvgIpc) is 2.68. The molecule has 0 saturated heterocycles. The number of hydrogen-bond donors (Lipinski definition) is 1. The van der Waals surface area contributed by atoms with E-state index in [1.54, 1.807) is 0 Å². The second-order valence-electron chi connectivity index (χ2n) is 4.09. The van der Waals surface area contributed by atoms with E-state index in [2.05, 4.69) is 15.0 Å². The van der Waals surface area contributed by atoms with Crippen molar-refractivity contribution in [1.82, 2.24) is 4.98 Å². The van der Waals surface area contributed by atoms with E-state index < -0.39 is 12.0 Å². The summed E-state index contributed by atoms with van der Waals surface area (Å²) in [4.78, 5) is 33.8. The third-order valence-corrected chi connectivity index (χ3v) is 3.03. The number of aromatic carboxylic acids is 1. The maximum atomic E-state index is 11.2. The quantitative estimate of drug-likeness (QED) is 0.860. The van der Waals surface area contributed by atoms with Gasteiger partial charge in [-0.25, -0.2) is 14.6 Å². The van der Waals surface area contributed by atoms with Crippen molar-refractivity contribution in [3.63, 3.8) is 0 Å². The third-order valence-electron chi connectivity index (χ3n) is 3.03. The highest BCUT2D eigenvalue weighted by Gasteiger charge is 2.21. The molecule has 0 aromatic carbocycles. The van der Waals surface area contributed by atoms with E-state index >= 15 is 0 Å². The van der Waals surface area contributed by atoms with Crippen molar-refractivity contribution in [1.29, 1.82) is 0 Å². The van der Waals surface area contributed by atoms with Crippen molar-refractivity contribution in [2.75, 3.05) is 0 Å². The van der Waals surface area contributed by atoms with Crippen LogP contribution in [-0.2, 0) is 0 Å². The first kappa shape index (κ1) is 12.3. The van der Waals surface area contributed by atoms with E-state index in [-0.39, 0.29) is 22.3 Å². The highest BCUT2D eigenvalue weighted by atomic mass is 16.4. The van der Waals surface area contributed by atoms with Gasteiger partial charge in [0.05, 0.1) is 11.3 Å². The second-order valence-corrected chi connectivity index (χ2v) is 4.09. The molecule has 0 unspecified atom stereocenters. The van der Waals surface area contributed by atoms with Crippen molar-refractivity contribution in [2.45, 2.75) is 32.6 Å². The Kier molecular flexibility index (Phi) is 3.18. The summed E-state index contributed by atoms with van der Waals surface area (Å²) < 4.78 is 0. The van der Waals surface area contributed by atoms with Crippen LogP contribution in [0, 0.1) is 0 Å². The van der Waals surface area contributed by atoms with Gasteiger partial charge in [0.2, 0.25) is 0 Å². The Morgan fingerprint density at radius 1 is 1.33 bits per heavy atom. The minimum absolute atomic E-state index is 0.0484. The number of aromatic nitrogens is 1. The fraction of sp³-hybridized carbons (Fsp3) is 0.417. The summed E-state index contributed by atoms with van der Waals surface area (Å²) in [5.41, 5.74) is 0.822. The molecule has 0 fully saturated rings. The van der Waals surface area contributed by atoms with Crippen LogP contribution in [0.25, 0.3) is 0 Å². The molecular weight excluding hydrogens is 234 g/mol. The molecular formula is C12H13N3O3. The molecule has 1 aliphatic heterocycles. The monoisotopic (exact) mass is 247 g/mol. The molecule has 0 radical (unpaired) electrons. The molecule has 1 aliphatic rings. The summed E-state index contributed by atoms with van der Waals surface area (Å²) in [6.07, 6.45) is 1.57. The van der Waals surface area contributed by atoms with Gasteiger partial charge in [-0.2, -0.15) is 9.98 Å². The molecule has 0 bridgehead atoms. The number of hydrogen-bond acceptors (Lipinski definition) is 3. The van der Waals surface area contributed by atoms with Crippen LogP contribution in [0.2, 0.25) is 0 Å². The lowest BCUT2D eigenvalue weighted by Crippen LogP contribution is -2.30. The van der Waals surface area contributed by atoms with Crippen LogP contribution < -0.4 is 10.8 Å². The van der Waals surface area contributed by atoms with Crippen molar-refractivity contribution in [3.05, 3.63) is 28.2 Å². The molecule has 2 amide bonds. The number of fused-ring (bicyclic) bond motifs is 1. The summed E-state index contributed by atoms with van der Waals surface area (Å²) in [7, 11) is 0. The van der Waals surface area contributed by atoms with Crippen molar-refractivity contribution in [2.24, 2.45) is 9.98 Å². The zero-order chi connectivity index (χ0) is 13.3. The van der Waals surface area contributed by atoms with Crippen LogP contribution in [0.4, 0.5) is 4.79 Å². The molecule has 0 saturated carbocycles. The van der Waals surface area contributed by atoms with Crippen molar-refractivity contribution in [3.8, 4) is 0 Å². The van der Waals surface area contributed by atoms with Crippen LogP contribution in [0.5, 0.6) is 0 Å². The number of amides is 2. The molecule has 0 atom stereocenters. The Balaban J connectivity index is 2.70. The molecule has 2 rings (SSSR count). The van der Waals surface area contributed by atoms with Gasteiger partial charge in [0.15, 0.2) is 5.49 Å². The number of carboxylic acid groups (broad SMARTS) is 1. The van der Waals surface area contributed by atoms with E-state index in [1.807, 2.05) is 13.8 Å². The Bertz CT molecular complexity index is 633. The molecule has 0 spiro atoms. The number of carbonyl (C=O) groups excluding carboxylic acids is 1. The molecule has 0 aliphatic carbocycles. The lowest BCUT2D eigenvalue weighted by atomic mass is 9.95. The van der Waals surface area contributed by atoms with E-state index in [9.17, 15) is 14.7 Å². The van der Waals surface area contributed by atoms with Gasteiger partial charge in [-0.3, -0.25) is 0 Å². The fourth-order valence-electron chi connectivity index (χ4n) is 2.05. The topological polar surface area (TPSA) is 92.0 Å². The third kappa shape index (κ3) is 2.01. The molecule has 18 heavy (non-hydrogen) atoms. The van der Waals surface area contributed by atoms with Gasteiger partial charge in [0.25, 0.3) is 0 Å². The SMILES string of the molecule is CCC(CC)c1nc2c(cc1C(=O)O)=NC(=O)N=2. The van der Waals surface area contributed by atoms with Crippen LogP contribution >= 0.6 is 0 Å². The van der Waals surface area contributed by atoms with Crippen LogP contribution in [0.1, 0.15) is 48.7 Å². The predicted molar refractivity (Wildman–Crippen MR) is 62.2 cm³/mol. The summed E-state index contributed by atoms with van der Waals surface area (Å²) >= 11 is 0. The van der Waals surface area contributed by atoms with Gasteiger partial charge < -0.3 is 5.11 Å². The number of carbonyl (C=O) groups is 2. The summed E-state index contributed by atoms with van der Waals surface area (Å²) in [5, 5.41) is 9.45. The molecule has 6 nitrogen and oxygen atoms in total. The zero-order valence-electron chi connectivity index (χ0n) is 10.2. The van der Waals surface area contributed by atoms with E-state index in [0.29, 0.717) is 5.69 Å². The normalized spacial score (nSPS) is 13.2. The molecule has 1 aromatic heterocycles. The standard InChI is InChI=1S/C12H13N3O3/c1-3-6(4-2)9-7(11(16)17)5-8-10(14-9)15-12(18)13-8/h5-6H,3-4H2,1-2H3,(H,16,17). The van der Waals surface area contributed by atoms with Crippen LogP contribution in [0.3, 0.4) is 0 Å². The van der Waals surface area contributed by atoms with Gasteiger partial charge in [0, 0.05) is 5.92 Å². The van der Waals surface area contributed by atoms with Gasteiger partial charge in [-0.1, -0.05) is 13.8 Å². The first-order chi connectivity index (χ1) is 8.56. The molecule has 6 heteroatoms. The summed E-state index contributed by atoms with van der Waals surface area (Å²) in [6, 6.07) is 0.753. The molecule has 1 N–H and O–H groups in total. The van der Waals surface area contributed by atoms with Gasteiger partial charge in [-0.15, -0.1) is 0 Å². The lowest BCUT2D eigenvalue weighted by molar-refractivity contribution is 0.0694. The Labute approximate surface area is 103 Å². The number of urea groups is 1. The van der Waals surface area contributed by atoms with Crippen LogP contribution in [-0.4, -0.2) is 22.1 Å². The van der Waals surface area contributed by atoms with Crippen molar-refractivity contribution < 1.29 is 14.7 Å². The van der Waals surface area contributed by atoms with Gasteiger partial charge in [0.1, 0.15) is 5.36 Å². The van der Waals surface area contributed by atoms with E-state index in [0.717, 1.165) is 12.8 Å². The van der Waals surface area contributed by atoms with Crippen molar-refractivity contribution >= 4 is 12.0 Å². The zero-order valence-corrected chi connectivity index (χ0v) is 10.2. The van der Waals surface area contributed by atoms with E-state index in [4.69, 9.17) is 0 Å². The van der Waals surface area contributed by atoms with Crippen LogP contribution in [0.15, 0.2) is 16.1 Å². The number of pyridine rings is 1. The smallest absolute Gasteiger partial charge is 0.369 e. The van der Waals surface area contributed by atoms with Gasteiger partial charge >= 0.3 is 12.0 Å². The maximum Gasteiger partial charge on any atom is 0.369 e. The second kappa shape index (κ2) is 4.64. The molecule has 2 heterocycles. The predicted octanol–water partition coefficient (Wildman–Crippen LogP) is 1.06. The highest BCUT2D eigenvalue weighted by Crippen LogP contribution is 2.22. The minimum Gasteiger partial charge on any atom is -0.478 e. The first-order valence-corrected chi connectivity index (χ1v) is 5.82. The number of nitrogens with zero attached hydrogens (tertiary/aromatic N) is 3. The molecule has 94 valence electrons. The maximum absolute atomic E-state index is 11.2. The van der Waals surface area contributed by atoms with E-state index in [1.165, 1.54) is 6.07 Å². The summed E-state index contributed by atoms with van der Waals surface area (Å²) in [6.45, 7) is 3.95. The minimum atomic E-state index is -1.05. The fourth-order valence-corrected chi connectivity index (χ4v) is 2.05. The Hall–Kier alpha value is -2.11. The Morgan fingerprint density at radius 2 is 2.00 bits per heavy atom. The number of carboxylic acids is 1. The summed E-state index contributed by atoms with van der Waals surface area (Å²) in [5.74, 6) is -1.01. The number of rotatable bonds is 4. The lowest BCUT2D eigenvalue weighted by Gasteiger charge is -2.13. The average molecular weight is 247 g/mol. The largest absolute Gasteiger partial charge is 0.478 e. The molecule has 1 aromatic rings. The highest BCUT2D eigenvalue weighted by molar-refractivity contribution is 5.89.